The van der Waals surface area contributed by atoms with Crippen LogP contribution in [-0.2, 0) is 0 Å². The van der Waals surface area contributed by atoms with E-state index in [1.165, 1.54) is 64.3 Å². The van der Waals surface area contributed by atoms with Gasteiger partial charge in [-0.05, 0) is 71.5 Å². The molecule has 0 spiro atoms. The fourth-order valence-corrected chi connectivity index (χ4v) is 4.74. The summed E-state index contributed by atoms with van der Waals surface area (Å²) in [6.07, 6.45) is 12.9. The molecule has 0 radical (unpaired) electrons. The summed E-state index contributed by atoms with van der Waals surface area (Å²) in [4.78, 5) is 5.11. The van der Waals surface area contributed by atoms with Gasteiger partial charge in [0, 0.05) is 18.1 Å². The summed E-state index contributed by atoms with van der Waals surface area (Å²) in [5, 5.41) is 0. The van der Waals surface area contributed by atoms with Crippen LogP contribution in [0.2, 0.25) is 0 Å². The van der Waals surface area contributed by atoms with Gasteiger partial charge in [0.25, 0.3) is 0 Å². The third kappa shape index (κ3) is 3.76. The number of nitrogens with zero attached hydrogens (tertiary/aromatic N) is 2. The van der Waals surface area contributed by atoms with Gasteiger partial charge in [-0.2, -0.15) is 0 Å². The van der Waals surface area contributed by atoms with E-state index >= 15 is 0 Å². The number of hydrogen-bond donors (Lipinski definition) is 0. The van der Waals surface area contributed by atoms with Crippen molar-refractivity contribution in [3.63, 3.8) is 0 Å². The first kappa shape index (κ1) is 16.3. The summed E-state index contributed by atoms with van der Waals surface area (Å²) in [5.74, 6) is 1.05. The molecule has 2 aliphatic heterocycles. The van der Waals surface area contributed by atoms with E-state index in [0.29, 0.717) is 0 Å². The first-order valence-electron chi connectivity index (χ1n) is 9.09. The molecule has 0 N–H and O–H groups in total. The second-order valence-corrected chi connectivity index (χ2v) is 7.26. The van der Waals surface area contributed by atoms with Crippen molar-refractivity contribution in [2.75, 3.05) is 20.6 Å². The van der Waals surface area contributed by atoms with E-state index in [1.54, 1.807) is 0 Å². The highest BCUT2D eigenvalue weighted by Gasteiger charge is 2.38. The fourth-order valence-electron chi connectivity index (χ4n) is 4.74. The standard InChI is InChI=1S/C11H21N.C7H15N/c1-3-10-8-9-6-4-5-7-11(9)12(10)2;1-3-7-5-4-6-8(7)2/h9-11H,3-8H2,1-2H3;7H,3-6H2,1-2H3/t9-,10+,11-;7-/m01/s1. The number of fused-ring (bicyclic) bond motifs is 1. The average Bonchev–Trinajstić information content (AvgIpc) is 3.03. The van der Waals surface area contributed by atoms with E-state index in [4.69, 9.17) is 0 Å². The Balaban J connectivity index is 0.000000160. The van der Waals surface area contributed by atoms with Crippen LogP contribution >= 0.6 is 0 Å². The molecule has 3 aliphatic rings. The van der Waals surface area contributed by atoms with Crippen LogP contribution in [-0.4, -0.2) is 48.6 Å². The molecule has 0 unspecified atom stereocenters. The quantitative estimate of drug-likeness (QED) is 0.750. The molecule has 4 atom stereocenters. The van der Waals surface area contributed by atoms with Crippen molar-refractivity contribution >= 4 is 0 Å². The highest BCUT2D eigenvalue weighted by Crippen LogP contribution is 2.39. The molecule has 1 saturated carbocycles. The Labute approximate surface area is 126 Å². The summed E-state index contributed by atoms with van der Waals surface area (Å²) in [6, 6.07) is 2.75. The van der Waals surface area contributed by atoms with Crippen molar-refractivity contribution in [1.82, 2.24) is 9.80 Å². The Kier molecular flexibility index (Phi) is 6.35. The Morgan fingerprint density at radius 2 is 1.55 bits per heavy atom. The maximum atomic E-state index is 2.66. The zero-order chi connectivity index (χ0) is 14.5. The third-order valence-corrected chi connectivity index (χ3v) is 6.16. The van der Waals surface area contributed by atoms with Gasteiger partial charge in [0.2, 0.25) is 0 Å². The van der Waals surface area contributed by atoms with Crippen LogP contribution in [0.15, 0.2) is 0 Å². The lowest BCUT2D eigenvalue weighted by molar-refractivity contribution is 0.184. The first-order chi connectivity index (χ1) is 9.67. The summed E-state index contributed by atoms with van der Waals surface area (Å²) >= 11 is 0. The van der Waals surface area contributed by atoms with Gasteiger partial charge in [-0.3, -0.25) is 0 Å². The van der Waals surface area contributed by atoms with Crippen molar-refractivity contribution < 1.29 is 0 Å². The zero-order valence-electron chi connectivity index (χ0n) is 14.3. The minimum atomic E-state index is 0.898. The smallest absolute Gasteiger partial charge is 0.0124 e. The molecule has 3 rings (SSSR count). The van der Waals surface area contributed by atoms with Crippen LogP contribution in [0.4, 0.5) is 0 Å². The van der Waals surface area contributed by atoms with E-state index in [0.717, 1.165) is 24.0 Å². The number of likely N-dealkylation sites (tertiary alicyclic amines) is 2. The highest BCUT2D eigenvalue weighted by atomic mass is 15.2. The van der Waals surface area contributed by atoms with E-state index in [-0.39, 0.29) is 0 Å². The number of hydrogen-bond acceptors (Lipinski definition) is 2. The molecule has 118 valence electrons. The van der Waals surface area contributed by atoms with Gasteiger partial charge in [0.15, 0.2) is 0 Å². The van der Waals surface area contributed by atoms with Crippen LogP contribution in [0.1, 0.15) is 71.6 Å². The van der Waals surface area contributed by atoms with Gasteiger partial charge in [0.05, 0.1) is 0 Å². The molecule has 2 nitrogen and oxygen atoms in total. The largest absolute Gasteiger partial charge is 0.303 e. The summed E-state index contributed by atoms with van der Waals surface area (Å²) in [7, 11) is 4.56. The second-order valence-electron chi connectivity index (χ2n) is 7.26. The molecular weight excluding hydrogens is 244 g/mol. The molecule has 2 heterocycles. The van der Waals surface area contributed by atoms with E-state index in [1.807, 2.05) is 0 Å². The minimum absolute atomic E-state index is 0.898. The topological polar surface area (TPSA) is 6.48 Å². The fraction of sp³-hybridized carbons (Fsp3) is 1.00. The lowest BCUT2D eigenvalue weighted by Crippen LogP contribution is -2.35. The maximum absolute atomic E-state index is 2.66. The van der Waals surface area contributed by atoms with Crippen LogP contribution in [0.3, 0.4) is 0 Å². The Morgan fingerprint density at radius 1 is 0.850 bits per heavy atom. The maximum Gasteiger partial charge on any atom is 0.0124 e. The van der Waals surface area contributed by atoms with E-state index in [2.05, 4.69) is 37.7 Å². The van der Waals surface area contributed by atoms with Gasteiger partial charge in [-0.25, -0.2) is 0 Å². The molecule has 3 fully saturated rings. The summed E-state index contributed by atoms with van der Waals surface area (Å²) in [5.41, 5.74) is 0. The van der Waals surface area contributed by atoms with Crippen LogP contribution in [0.5, 0.6) is 0 Å². The Bertz CT molecular complexity index is 277. The van der Waals surface area contributed by atoms with Crippen LogP contribution in [0.25, 0.3) is 0 Å². The second kappa shape index (κ2) is 7.79. The molecule has 0 amide bonds. The summed E-state index contributed by atoms with van der Waals surface area (Å²) < 4.78 is 0. The van der Waals surface area contributed by atoms with Crippen molar-refractivity contribution in [1.29, 1.82) is 0 Å². The van der Waals surface area contributed by atoms with Crippen molar-refractivity contribution in [3.05, 3.63) is 0 Å². The minimum Gasteiger partial charge on any atom is -0.303 e. The first-order valence-corrected chi connectivity index (χ1v) is 9.09. The van der Waals surface area contributed by atoms with Gasteiger partial charge in [0.1, 0.15) is 0 Å². The zero-order valence-corrected chi connectivity index (χ0v) is 14.3. The lowest BCUT2D eigenvalue weighted by atomic mass is 9.85. The molecule has 0 aromatic rings. The SMILES string of the molecule is CC[C@@H]1CCCN1C.CC[C@@H]1C[C@@H]2CCCC[C@@H]2N1C. The Morgan fingerprint density at radius 3 is 2.05 bits per heavy atom. The molecule has 20 heavy (non-hydrogen) atoms. The monoisotopic (exact) mass is 280 g/mol. The highest BCUT2D eigenvalue weighted by molar-refractivity contribution is 4.93. The van der Waals surface area contributed by atoms with E-state index in [9.17, 15) is 0 Å². The van der Waals surface area contributed by atoms with Crippen LogP contribution < -0.4 is 0 Å². The third-order valence-electron chi connectivity index (χ3n) is 6.16. The van der Waals surface area contributed by atoms with Crippen molar-refractivity contribution in [2.24, 2.45) is 5.92 Å². The van der Waals surface area contributed by atoms with Gasteiger partial charge in [-0.15, -0.1) is 0 Å². The summed E-state index contributed by atoms with van der Waals surface area (Å²) in [6.45, 7) is 5.92. The van der Waals surface area contributed by atoms with Gasteiger partial charge >= 0.3 is 0 Å². The molecule has 2 saturated heterocycles. The predicted octanol–water partition coefficient (Wildman–Crippen LogP) is 4.15. The molecule has 1 aliphatic carbocycles. The van der Waals surface area contributed by atoms with Crippen LogP contribution in [0, 0.1) is 5.92 Å². The van der Waals surface area contributed by atoms with Gasteiger partial charge < -0.3 is 9.80 Å². The molecular formula is C18H36N2. The number of rotatable bonds is 2. The van der Waals surface area contributed by atoms with Crippen molar-refractivity contribution in [2.45, 2.75) is 89.8 Å². The average molecular weight is 280 g/mol. The van der Waals surface area contributed by atoms with E-state index < -0.39 is 0 Å². The van der Waals surface area contributed by atoms with Crippen molar-refractivity contribution in [3.8, 4) is 0 Å². The molecule has 0 aromatic heterocycles. The Hall–Kier alpha value is -0.0800. The normalized spacial score (nSPS) is 38.4. The van der Waals surface area contributed by atoms with Gasteiger partial charge in [-0.1, -0.05) is 26.7 Å². The molecule has 0 bridgehead atoms. The lowest BCUT2D eigenvalue weighted by Gasteiger charge is -2.30. The molecule has 2 heteroatoms. The predicted molar refractivity (Wildman–Crippen MR) is 88.1 cm³/mol. The molecule has 0 aromatic carbocycles.